The summed E-state index contributed by atoms with van der Waals surface area (Å²) < 4.78 is 8.60. The number of aromatic nitrogens is 3. The van der Waals surface area contributed by atoms with E-state index in [1.54, 1.807) is 6.33 Å². The molecule has 0 spiro atoms. The number of nitrogens with zero attached hydrogens (tertiary/aromatic N) is 3. The highest BCUT2D eigenvalue weighted by Crippen LogP contribution is 2.22. The molecule has 0 aliphatic rings. The molecule has 1 aromatic heterocycles. The zero-order valence-corrected chi connectivity index (χ0v) is 12.4. The molecule has 19 heavy (non-hydrogen) atoms. The van der Waals surface area contributed by atoms with E-state index in [1.807, 2.05) is 22.9 Å². The standard InChI is InChI=1S/C13H17BrN4O/c1-2-5-18-13(16-9-17-18)8-19-11-3-4-12(14)10(6-11)7-15/h3-4,6,9H,2,5,7-8,15H2,1H3. The molecule has 0 amide bonds. The van der Waals surface area contributed by atoms with Crippen molar-refractivity contribution in [3.05, 3.63) is 40.4 Å². The summed E-state index contributed by atoms with van der Waals surface area (Å²) in [5.41, 5.74) is 6.68. The summed E-state index contributed by atoms with van der Waals surface area (Å²) in [6, 6.07) is 5.78. The van der Waals surface area contributed by atoms with Gasteiger partial charge in [0.15, 0.2) is 5.82 Å². The van der Waals surface area contributed by atoms with Crippen LogP contribution in [0.4, 0.5) is 0 Å². The number of hydrogen-bond acceptors (Lipinski definition) is 4. The molecular weight excluding hydrogens is 308 g/mol. The van der Waals surface area contributed by atoms with Crippen LogP contribution in [-0.4, -0.2) is 14.8 Å². The number of benzene rings is 1. The van der Waals surface area contributed by atoms with Gasteiger partial charge in [0.25, 0.3) is 0 Å². The normalized spacial score (nSPS) is 10.7. The molecule has 0 aliphatic heterocycles. The second kappa shape index (κ2) is 6.68. The maximum Gasteiger partial charge on any atom is 0.164 e. The molecule has 0 fully saturated rings. The number of nitrogens with two attached hydrogens (primary N) is 1. The highest BCUT2D eigenvalue weighted by Gasteiger charge is 2.06. The summed E-state index contributed by atoms with van der Waals surface area (Å²) in [6.07, 6.45) is 2.58. The zero-order valence-electron chi connectivity index (χ0n) is 10.8. The number of rotatable bonds is 6. The summed E-state index contributed by atoms with van der Waals surface area (Å²) in [5.74, 6) is 1.62. The van der Waals surface area contributed by atoms with E-state index < -0.39 is 0 Å². The molecule has 1 aromatic carbocycles. The first-order chi connectivity index (χ1) is 9.24. The van der Waals surface area contributed by atoms with Crippen molar-refractivity contribution in [2.24, 2.45) is 5.73 Å². The SMILES string of the molecule is CCCn1ncnc1COc1ccc(Br)c(CN)c1. The Morgan fingerprint density at radius 2 is 2.26 bits per heavy atom. The van der Waals surface area contributed by atoms with E-state index in [-0.39, 0.29) is 0 Å². The zero-order chi connectivity index (χ0) is 13.7. The predicted molar refractivity (Wildman–Crippen MR) is 76.7 cm³/mol. The van der Waals surface area contributed by atoms with E-state index in [2.05, 4.69) is 32.9 Å². The van der Waals surface area contributed by atoms with Crippen molar-refractivity contribution < 1.29 is 4.74 Å². The molecule has 0 atom stereocenters. The van der Waals surface area contributed by atoms with Crippen LogP contribution >= 0.6 is 15.9 Å². The van der Waals surface area contributed by atoms with Crippen LogP contribution in [0.25, 0.3) is 0 Å². The van der Waals surface area contributed by atoms with Gasteiger partial charge in [-0.3, -0.25) is 0 Å². The lowest BCUT2D eigenvalue weighted by molar-refractivity contribution is 0.286. The summed E-state index contributed by atoms with van der Waals surface area (Å²) in [7, 11) is 0. The average molecular weight is 325 g/mol. The summed E-state index contributed by atoms with van der Waals surface area (Å²) in [4.78, 5) is 4.20. The third-order valence-electron chi connectivity index (χ3n) is 2.74. The van der Waals surface area contributed by atoms with Gasteiger partial charge < -0.3 is 10.5 Å². The molecule has 2 aromatic rings. The lowest BCUT2D eigenvalue weighted by Crippen LogP contribution is -2.08. The van der Waals surface area contributed by atoms with E-state index in [0.717, 1.165) is 34.6 Å². The smallest absolute Gasteiger partial charge is 0.164 e. The molecule has 0 radical (unpaired) electrons. The van der Waals surface area contributed by atoms with Gasteiger partial charge in [0, 0.05) is 17.6 Å². The summed E-state index contributed by atoms with van der Waals surface area (Å²) >= 11 is 3.45. The van der Waals surface area contributed by atoms with E-state index in [0.29, 0.717) is 13.2 Å². The van der Waals surface area contributed by atoms with Crippen LogP contribution in [0, 0.1) is 0 Å². The van der Waals surface area contributed by atoms with Crippen molar-refractivity contribution >= 4 is 15.9 Å². The Bertz CT molecular complexity index is 541. The lowest BCUT2D eigenvalue weighted by Gasteiger charge is -2.09. The van der Waals surface area contributed by atoms with E-state index >= 15 is 0 Å². The highest BCUT2D eigenvalue weighted by atomic mass is 79.9. The number of hydrogen-bond donors (Lipinski definition) is 1. The second-order valence-corrected chi connectivity index (χ2v) is 5.00. The highest BCUT2D eigenvalue weighted by molar-refractivity contribution is 9.10. The molecule has 6 heteroatoms. The summed E-state index contributed by atoms with van der Waals surface area (Å²) in [6.45, 7) is 3.84. The fourth-order valence-electron chi connectivity index (χ4n) is 1.74. The van der Waals surface area contributed by atoms with Crippen LogP contribution in [-0.2, 0) is 19.7 Å². The van der Waals surface area contributed by atoms with E-state index in [9.17, 15) is 0 Å². The van der Waals surface area contributed by atoms with E-state index in [1.165, 1.54) is 0 Å². The number of ether oxygens (including phenoxy) is 1. The molecule has 2 N–H and O–H groups in total. The lowest BCUT2D eigenvalue weighted by atomic mass is 10.2. The van der Waals surface area contributed by atoms with Crippen molar-refractivity contribution in [2.45, 2.75) is 33.0 Å². The largest absolute Gasteiger partial charge is 0.486 e. The molecule has 5 nitrogen and oxygen atoms in total. The Labute approximate surface area is 120 Å². The minimum Gasteiger partial charge on any atom is -0.486 e. The minimum absolute atomic E-state index is 0.408. The molecule has 0 aliphatic carbocycles. The Morgan fingerprint density at radius 1 is 1.42 bits per heavy atom. The third-order valence-corrected chi connectivity index (χ3v) is 3.51. The van der Waals surface area contributed by atoms with Gasteiger partial charge in [0.05, 0.1) is 0 Å². The van der Waals surface area contributed by atoms with Crippen LogP contribution in [0.5, 0.6) is 5.75 Å². The topological polar surface area (TPSA) is 66.0 Å². The van der Waals surface area contributed by atoms with Gasteiger partial charge in [-0.1, -0.05) is 22.9 Å². The Balaban J connectivity index is 2.04. The van der Waals surface area contributed by atoms with Gasteiger partial charge in [0.1, 0.15) is 18.7 Å². The number of aryl methyl sites for hydroxylation is 1. The van der Waals surface area contributed by atoms with Gasteiger partial charge >= 0.3 is 0 Å². The first-order valence-corrected chi connectivity index (χ1v) is 7.02. The van der Waals surface area contributed by atoms with Crippen molar-refractivity contribution in [3.63, 3.8) is 0 Å². The van der Waals surface area contributed by atoms with Crippen LogP contribution in [0.15, 0.2) is 29.0 Å². The van der Waals surface area contributed by atoms with Crippen molar-refractivity contribution in [1.29, 1.82) is 0 Å². The third kappa shape index (κ3) is 3.54. The van der Waals surface area contributed by atoms with Gasteiger partial charge in [-0.15, -0.1) is 0 Å². The average Bonchev–Trinajstić information content (AvgIpc) is 2.86. The van der Waals surface area contributed by atoms with Gasteiger partial charge in [-0.05, 0) is 30.2 Å². The summed E-state index contributed by atoms with van der Waals surface area (Å²) in [5, 5.41) is 4.16. The van der Waals surface area contributed by atoms with Crippen LogP contribution in [0.3, 0.4) is 0 Å². The van der Waals surface area contributed by atoms with Crippen molar-refractivity contribution in [2.75, 3.05) is 0 Å². The molecule has 2 rings (SSSR count). The Hall–Kier alpha value is -1.40. The van der Waals surface area contributed by atoms with Crippen LogP contribution in [0.2, 0.25) is 0 Å². The minimum atomic E-state index is 0.408. The fraction of sp³-hybridized carbons (Fsp3) is 0.385. The van der Waals surface area contributed by atoms with Crippen LogP contribution < -0.4 is 10.5 Å². The Kier molecular flexibility index (Phi) is 4.93. The first kappa shape index (κ1) is 14.0. The molecule has 0 unspecified atom stereocenters. The quantitative estimate of drug-likeness (QED) is 0.886. The monoisotopic (exact) mass is 324 g/mol. The molecule has 102 valence electrons. The maximum absolute atomic E-state index is 5.74. The molecular formula is C13H17BrN4O. The second-order valence-electron chi connectivity index (χ2n) is 4.15. The van der Waals surface area contributed by atoms with Gasteiger partial charge in [-0.25, -0.2) is 9.67 Å². The van der Waals surface area contributed by atoms with Gasteiger partial charge in [-0.2, -0.15) is 5.10 Å². The predicted octanol–water partition coefficient (Wildman–Crippen LogP) is 2.49. The van der Waals surface area contributed by atoms with E-state index in [4.69, 9.17) is 10.5 Å². The Morgan fingerprint density at radius 3 is 3.00 bits per heavy atom. The molecule has 0 bridgehead atoms. The molecule has 0 saturated carbocycles. The fourth-order valence-corrected chi connectivity index (χ4v) is 2.15. The number of halogens is 1. The first-order valence-electron chi connectivity index (χ1n) is 6.22. The molecule has 0 saturated heterocycles. The van der Waals surface area contributed by atoms with Crippen molar-refractivity contribution in [1.82, 2.24) is 14.8 Å². The van der Waals surface area contributed by atoms with Crippen molar-refractivity contribution in [3.8, 4) is 5.75 Å². The van der Waals surface area contributed by atoms with Gasteiger partial charge in [0.2, 0.25) is 0 Å². The maximum atomic E-state index is 5.74. The molecule has 1 heterocycles. The van der Waals surface area contributed by atoms with Crippen LogP contribution in [0.1, 0.15) is 24.7 Å².